The quantitative estimate of drug-likeness (QED) is 0.605. The van der Waals surface area contributed by atoms with Crippen LogP contribution in [0.2, 0.25) is 0 Å². The molecule has 2 atom stereocenters. The first-order valence-electron chi connectivity index (χ1n) is 10.7. The van der Waals surface area contributed by atoms with E-state index in [0.29, 0.717) is 6.04 Å². The smallest absolute Gasteiger partial charge is 0.222 e. The molecule has 0 aromatic rings. The van der Waals surface area contributed by atoms with Crippen molar-refractivity contribution in [3.05, 3.63) is 0 Å². The summed E-state index contributed by atoms with van der Waals surface area (Å²) in [6.45, 7) is 22.1. The molecule has 0 radical (unpaired) electrons. The molecule has 2 heterocycles. The fraction of sp³-hybridized carbons (Fsp3) is 0.955. The van der Waals surface area contributed by atoms with E-state index >= 15 is 0 Å². The van der Waals surface area contributed by atoms with Gasteiger partial charge in [0.05, 0.1) is 0 Å². The predicted molar refractivity (Wildman–Crippen MR) is 114 cm³/mol. The Morgan fingerprint density at radius 3 is 1.81 bits per heavy atom. The molecule has 0 aromatic carbocycles. The van der Waals surface area contributed by atoms with Gasteiger partial charge in [-0.05, 0) is 74.7 Å². The van der Waals surface area contributed by atoms with Crippen LogP contribution in [0.3, 0.4) is 0 Å². The van der Waals surface area contributed by atoms with Gasteiger partial charge in [-0.2, -0.15) is 0 Å². The van der Waals surface area contributed by atoms with E-state index < -0.39 is 0 Å². The van der Waals surface area contributed by atoms with E-state index in [1.807, 2.05) is 13.8 Å². The standard InChI is InChI=1S/C22H44N4O/c1-14(2)18(27)24-16-13-21(7,8)26-22(9,10)17(16)23-15-11-19(3,4)25-20(5,6)12-15/h14-17,23,25-26H,11-13H2,1-10H3,(H,24,27). The summed E-state index contributed by atoms with van der Waals surface area (Å²) in [5.41, 5.74) is 0.0717. The van der Waals surface area contributed by atoms with Crippen LogP contribution in [0.25, 0.3) is 0 Å². The number of hydrogen-bond acceptors (Lipinski definition) is 4. The predicted octanol–water partition coefficient (Wildman–Crippen LogP) is 2.95. The van der Waals surface area contributed by atoms with Crippen LogP contribution < -0.4 is 21.3 Å². The monoisotopic (exact) mass is 380 g/mol. The highest BCUT2D eigenvalue weighted by Crippen LogP contribution is 2.33. The van der Waals surface area contributed by atoms with E-state index in [4.69, 9.17) is 0 Å². The molecule has 5 heteroatoms. The van der Waals surface area contributed by atoms with Gasteiger partial charge in [-0.25, -0.2) is 0 Å². The first-order chi connectivity index (χ1) is 12.0. The second-order valence-electron chi connectivity index (χ2n) is 11.8. The molecule has 2 saturated heterocycles. The van der Waals surface area contributed by atoms with Gasteiger partial charge in [0.15, 0.2) is 0 Å². The molecule has 0 spiro atoms. The minimum absolute atomic E-state index is 0.00325. The van der Waals surface area contributed by atoms with Gasteiger partial charge in [0.2, 0.25) is 5.91 Å². The average molecular weight is 381 g/mol. The van der Waals surface area contributed by atoms with Crippen molar-refractivity contribution in [1.82, 2.24) is 21.3 Å². The summed E-state index contributed by atoms with van der Waals surface area (Å²) in [7, 11) is 0. The van der Waals surface area contributed by atoms with Crippen LogP contribution in [0.5, 0.6) is 0 Å². The lowest BCUT2D eigenvalue weighted by Gasteiger charge is -2.55. The van der Waals surface area contributed by atoms with Crippen LogP contribution in [0.4, 0.5) is 0 Å². The average Bonchev–Trinajstić information content (AvgIpc) is 2.37. The van der Waals surface area contributed by atoms with E-state index in [9.17, 15) is 4.79 Å². The summed E-state index contributed by atoms with van der Waals surface area (Å²) in [6, 6.07) is 0.720. The van der Waals surface area contributed by atoms with Crippen LogP contribution in [-0.4, -0.2) is 46.2 Å². The fourth-order valence-electron chi connectivity index (χ4n) is 5.67. The molecule has 2 fully saturated rings. The van der Waals surface area contributed by atoms with Crippen LogP contribution >= 0.6 is 0 Å². The van der Waals surface area contributed by atoms with Gasteiger partial charge >= 0.3 is 0 Å². The van der Waals surface area contributed by atoms with E-state index in [1.54, 1.807) is 0 Å². The highest BCUT2D eigenvalue weighted by atomic mass is 16.1. The maximum atomic E-state index is 12.5. The minimum atomic E-state index is -0.115. The lowest BCUT2D eigenvalue weighted by Crippen LogP contribution is -2.76. The van der Waals surface area contributed by atoms with Crippen LogP contribution in [-0.2, 0) is 4.79 Å². The highest BCUT2D eigenvalue weighted by Gasteiger charge is 2.48. The van der Waals surface area contributed by atoms with Crippen molar-refractivity contribution in [3.8, 4) is 0 Å². The molecule has 2 aliphatic heterocycles. The number of amides is 1. The van der Waals surface area contributed by atoms with Crippen molar-refractivity contribution in [2.75, 3.05) is 0 Å². The fourth-order valence-corrected chi connectivity index (χ4v) is 5.67. The first kappa shape index (κ1) is 22.6. The Morgan fingerprint density at radius 1 is 0.852 bits per heavy atom. The van der Waals surface area contributed by atoms with Crippen LogP contribution in [0.15, 0.2) is 0 Å². The number of hydrogen-bond donors (Lipinski definition) is 4. The zero-order valence-corrected chi connectivity index (χ0v) is 19.3. The number of carbonyl (C=O) groups is 1. The molecule has 0 saturated carbocycles. The zero-order valence-electron chi connectivity index (χ0n) is 19.3. The molecular weight excluding hydrogens is 336 g/mol. The van der Waals surface area contributed by atoms with Gasteiger partial charge < -0.3 is 21.3 Å². The Kier molecular flexibility index (Phi) is 6.13. The molecule has 0 aromatic heterocycles. The molecule has 1 amide bonds. The Bertz CT molecular complexity index is 535. The highest BCUT2D eigenvalue weighted by molar-refractivity contribution is 5.78. The Hall–Kier alpha value is -0.650. The van der Waals surface area contributed by atoms with Gasteiger partial charge in [0.1, 0.15) is 0 Å². The molecule has 4 N–H and O–H groups in total. The minimum Gasteiger partial charge on any atom is -0.351 e. The van der Waals surface area contributed by atoms with E-state index in [0.717, 1.165) is 19.3 Å². The van der Waals surface area contributed by atoms with E-state index in [2.05, 4.69) is 76.7 Å². The summed E-state index contributed by atoms with van der Waals surface area (Å²) in [6.07, 6.45) is 3.08. The largest absolute Gasteiger partial charge is 0.351 e. The second kappa shape index (κ2) is 7.31. The lowest BCUT2D eigenvalue weighted by atomic mass is 9.73. The summed E-state index contributed by atoms with van der Waals surface area (Å²) >= 11 is 0. The van der Waals surface area contributed by atoms with Crippen molar-refractivity contribution in [1.29, 1.82) is 0 Å². The zero-order chi connectivity index (χ0) is 20.8. The topological polar surface area (TPSA) is 65.2 Å². The summed E-state index contributed by atoms with van der Waals surface area (Å²) in [5.74, 6) is 0.148. The lowest BCUT2D eigenvalue weighted by molar-refractivity contribution is -0.125. The Balaban J connectivity index is 2.24. The van der Waals surface area contributed by atoms with E-state index in [-0.39, 0.29) is 46.1 Å². The van der Waals surface area contributed by atoms with Crippen molar-refractivity contribution < 1.29 is 4.79 Å². The van der Waals surface area contributed by atoms with Crippen LogP contribution in [0, 0.1) is 5.92 Å². The second-order valence-corrected chi connectivity index (χ2v) is 11.8. The molecule has 0 bridgehead atoms. The van der Waals surface area contributed by atoms with Crippen molar-refractivity contribution >= 4 is 5.91 Å². The van der Waals surface area contributed by atoms with Gasteiger partial charge in [-0.3, -0.25) is 4.79 Å². The van der Waals surface area contributed by atoms with Crippen molar-refractivity contribution in [3.63, 3.8) is 0 Å². The maximum Gasteiger partial charge on any atom is 0.222 e. The van der Waals surface area contributed by atoms with E-state index in [1.165, 1.54) is 0 Å². The molecule has 2 aliphatic rings. The molecule has 2 rings (SSSR count). The molecule has 2 unspecified atom stereocenters. The molecule has 5 nitrogen and oxygen atoms in total. The molecular formula is C22H44N4O. The van der Waals surface area contributed by atoms with Gasteiger partial charge in [0.25, 0.3) is 0 Å². The maximum absolute atomic E-state index is 12.5. The third-order valence-electron chi connectivity index (χ3n) is 6.03. The van der Waals surface area contributed by atoms with Gasteiger partial charge in [-0.1, -0.05) is 13.8 Å². The SMILES string of the molecule is CC(C)C(=O)NC1CC(C)(C)NC(C)(C)C1NC1CC(C)(C)NC(C)(C)C1. The van der Waals surface area contributed by atoms with Gasteiger partial charge in [-0.15, -0.1) is 0 Å². The summed E-state index contributed by atoms with van der Waals surface area (Å²) in [4.78, 5) is 12.5. The first-order valence-corrected chi connectivity index (χ1v) is 10.7. The number of piperidine rings is 2. The third-order valence-corrected chi connectivity index (χ3v) is 6.03. The number of nitrogens with one attached hydrogen (secondary N) is 4. The summed E-state index contributed by atoms with van der Waals surface area (Å²) < 4.78 is 0. The number of carbonyl (C=O) groups excluding carboxylic acids is 1. The van der Waals surface area contributed by atoms with Crippen molar-refractivity contribution in [2.24, 2.45) is 5.92 Å². The number of rotatable bonds is 4. The Labute approximate surface area is 167 Å². The summed E-state index contributed by atoms with van der Waals surface area (Å²) in [5, 5.41) is 14.9. The molecule has 158 valence electrons. The van der Waals surface area contributed by atoms with Gasteiger partial charge in [0, 0.05) is 46.2 Å². The Morgan fingerprint density at radius 2 is 1.33 bits per heavy atom. The normalized spacial score (nSPS) is 32.3. The molecule has 0 aliphatic carbocycles. The van der Waals surface area contributed by atoms with Crippen molar-refractivity contribution in [2.45, 2.75) is 129 Å². The molecule has 27 heavy (non-hydrogen) atoms. The van der Waals surface area contributed by atoms with Crippen LogP contribution in [0.1, 0.15) is 88.5 Å². The third kappa shape index (κ3) is 5.91.